The molecule has 239 valence electrons. The van der Waals surface area contributed by atoms with Gasteiger partial charge in [0.05, 0.1) is 16.8 Å². The molecule has 2 aromatic heterocycles. The van der Waals surface area contributed by atoms with Crippen LogP contribution in [-0.4, -0.2) is 30.8 Å². The summed E-state index contributed by atoms with van der Waals surface area (Å²) in [5.41, 5.74) is 6.62. The Morgan fingerprint density at radius 3 is 1.91 bits per heavy atom. The minimum absolute atomic E-state index is 0. The maximum absolute atomic E-state index is 11.7. The van der Waals surface area contributed by atoms with Crippen molar-refractivity contribution in [2.24, 2.45) is 11.8 Å². The normalized spacial score (nSPS) is 12.0. The van der Waals surface area contributed by atoms with Crippen molar-refractivity contribution in [3.05, 3.63) is 83.8 Å². The van der Waals surface area contributed by atoms with Crippen molar-refractivity contribution in [3.8, 4) is 11.3 Å². The van der Waals surface area contributed by atoms with Crippen molar-refractivity contribution in [1.29, 1.82) is 0 Å². The van der Waals surface area contributed by atoms with Crippen LogP contribution in [0.3, 0.4) is 0 Å². The van der Waals surface area contributed by atoms with Crippen LogP contribution < -0.4 is 0 Å². The molecule has 0 saturated carbocycles. The standard InChI is InChI=1S/C25H21N4.C13H24O2.Ir/c1-15-22(29-24-23(26-15)27-20-11-7-8-12-21(20)28-24)17-13-16-9-5-6-10-18(16)19(14-17)25(2,3)4;1-5-10(6-2)12(14)9-13(15)11(7-3)8-4;/h5-12,14H,1-4H3;9-11,14H,5-8H2,1-4H3;/q-1;;. The minimum Gasteiger partial charge on any atom is -0.512 e. The number of aromatic nitrogens is 4. The van der Waals surface area contributed by atoms with E-state index in [1.54, 1.807) is 0 Å². The van der Waals surface area contributed by atoms with Gasteiger partial charge in [-0.25, -0.2) is 15.0 Å². The average molecular weight is 782 g/mol. The summed E-state index contributed by atoms with van der Waals surface area (Å²) < 4.78 is 0. The molecule has 0 saturated heterocycles. The Hall–Kier alpha value is -3.54. The van der Waals surface area contributed by atoms with Crippen LogP contribution in [-0.2, 0) is 30.3 Å². The van der Waals surface area contributed by atoms with E-state index >= 15 is 0 Å². The van der Waals surface area contributed by atoms with Crippen LogP contribution in [0.2, 0.25) is 0 Å². The molecule has 1 radical (unpaired) electrons. The molecule has 0 unspecified atom stereocenters. The molecule has 0 aliphatic heterocycles. The number of carbonyl (C=O) groups excluding carboxylic acids is 1. The molecule has 0 aliphatic carbocycles. The van der Waals surface area contributed by atoms with Crippen LogP contribution in [0.4, 0.5) is 0 Å². The number of aliphatic hydroxyl groups is 1. The number of ketones is 1. The Balaban J connectivity index is 0.000000297. The average Bonchev–Trinajstić information content (AvgIpc) is 3.00. The minimum atomic E-state index is -0.00234. The molecule has 2 heterocycles. The third kappa shape index (κ3) is 8.39. The quantitative estimate of drug-likeness (QED) is 0.0731. The van der Waals surface area contributed by atoms with E-state index in [-0.39, 0.29) is 48.9 Å². The van der Waals surface area contributed by atoms with Gasteiger partial charge in [0.2, 0.25) is 0 Å². The van der Waals surface area contributed by atoms with Crippen LogP contribution in [0.5, 0.6) is 0 Å². The number of fused-ring (bicyclic) bond motifs is 3. The van der Waals surface area contributed by atoms with Crippen molar-refractivity contribution in [2.45, 2.75) is 86.5 Å². The molecule has 6 nitrogen and oxygen atoms in total. The van der Waals surface area contributed by atoms with Gasteiger partial charge in [-0.15, -0.1) is 29.1 Å². The zero-order valence-electron chi connectivity index (χ0n) is 27.7. The number of rotatable bonds is 8. The maximum Gasteiger partial charge on any atom is 0.197 e. The predicted molar refractivity (Wildman–Crippen MR) is 182 cm³/mol. The van der Waals surface area contributed by atoms with E-state index in [9.17, 15) is 9.90 Å². The van der Waals surface area contributed by atoms with Crippen LogP contribution in [0.1, 0.15) is 85.4 Å². The maximum atomic E-state index is 11.7. The van der Waals surface area contributed by atoms with E-state index in [1.165, 1.54) is 17.0 Å². The molecule has 5 aromatic rings. The van der Waals surface area contributed by atoms with Crippen LogP contribution in [0.25, 0.3) is 44.4 Å². The summed E-state index contributed by atoms with van der Waals surface area (Å²) in [6, 6.07) is 21.9. The molecule has 0 amide bonds. The number of nitrogens with zero attached hydrogens (tertiary/aromatic N) is 4. The largest absolute Gasteiger partial charge is 0.512 e. The summed E-state index contributed by atoms with van der Waals surface area (Å²) in [5, 5.41) is 12.1. The number of aryl methyl sites for hydroxylation is 1. The fourth-order valence-electron chi connectivity index (χ4n) is 5.54. The van der Waals surface area contributed by atoms with E-state index < -0.39 is 0 Å². The third-order valence-corrected chi connectivity index (χ3v) is 8.29. The number of para-hydroxylation sites is 2. The Morgan fingerprint density at radius 2 is 1.36 bits per heavy atom. The topological polar surface area (TPSA) is 88.9 Å². The summed E-state index contributed by atoms with van der Waals surface area (Å²) in [4.78, 5) is 30.6. The molecule has 45 heavy (non-hydrogen) atoms. The summed E-state index contributed by atoms with van der Waals surface area (Å²) >= 11 is 0. The van der Waals surface area contributed by atoms with Gasteiger partial charge in [-0.05, 0) is 50.2 Å². The third-order valence-electron chi connectivity index (χ3n) is 8.29. The van der Waals surface area contributed by atoms with Crippen molar-refractivity contribution >= 4 is 38.9 Å². The van der Waals surface area contributed by atoms with Gasteiger partial charge in [0, 0.05) is 49.4 Å². The number of hydrogen-bond donors (Lipinski definition) is 1. The van der Waals surface area contributed by atoms with E-state index in [2.05, 4.69) is 61.1 Å². The Labute approximate surface area is 281 Å². The first kappa shape index (κ1) is 35.9. The molecule has 0 aliphatic rings. The second-order valence-corrected chi connectivity index (χ2v) is 12.4. The monoisotopic (exact) mass is 782 g/mol. The van der Waals surface area contributed by atoms with E-state index in [0.717, 1.165) is 59.1 Å². The molecule has 5 rings (SSSR count). The van der Waals surface area contributed by atoms with Gasteiger partial charge in [-0.2, -0.15) is 0 Å². The summed E-state index contributed by atoms with van der Waals surface area (Å²) in [7, 11) is 0. The second kappa shape index (κ2) is 15.6. The van der Waals surface area contributed by atoms with E-state index in [0.29, 0.717) is 11.3 Å². The zero-order chi connectivity index (χ0) is 32.0. The fourth-order valence-corrected chi connectivity index (χ4v) is 5.54. The van der Waals surface area contributed by atoms with Gasteiger partial charge < -0.3 is 5.11 Å². The van der Waals surface area contributed by atoms with Crippen LogP contribution in [0.15, 0.2) is 66.4 Å². The van der Waals surface area contributed by atoms with Crippen molar-refractivity contribution < 1.29 is 30.0 Å². The smallest absolute Gasteiger partial charge is 0.197 e. The first-order valence-corrected chi connectivity index (χ1v) is 15.8. The molecule has 0 fully saturated rings. The number of benzene rings is 3. The fraction of sp³-hybridized carbons (Fsp3) is 0.395. The zero-order valence-corrected chi connectivity index (χ0v) is 30.1. The van der Waals surface area contributed by atoms with Crippen LogP contribution >= 0.6 is 0 Å². The summed E-state index contributed by atoms with van der Waals surface area (Å²) in [6.07, 6.45) is 4.91. The number of carbonyl (C=O) groups is 1. The van der Waals surface area contributed by atoms with Gasteiger partial charge in [-0.3, -0.25) is 9.78 Å². The molecule has 3 aromatic carbocycles. The van der Waals surface area contributed by atoms with Gasteiger partial charge in [0.15, 0.2) is 17.1 Å². The molecule has 0 atom stereocenters. The Kier molecular flexibility index (Phi) is 12.5. The molecule has 0 spiro atoms. The number of allylic oxidation sites excluding steroid dienone is 2. The number of hydrogen-bond acceptors (Lipinski definition) is 6. The first-order valence-electron chi connectivity index (χ1n) is 15.8. The molecule has 7 heteroatoms. The van der Waals surface area contributed by atoms with Gasteiger partial charge in [-0.1, -0.05) is 89.7 Å². The Bertz CT molecular complexity index is 1800. The Morgan fingerprint density at radius 1 is 0.822 bits per heavy atom. The first-order chi connectivity index (χ1) is 21.0. The van der Waals surface area contributed by atoms with Crippen LogP contribution in [0, 0.1) is 24.8 Å². The van der Waals surface area contributed by atoms with Gasteiger partial charge in [0.25, 0.3) is 0 Å². The summed E-state index contributed by atoms with van der Waals surface area (Å²) in [6.45, 7) is 16.7. The van der Waals surface area contributed by atoms with E-state index in [4.69, 9.17) is 9.97 Å². The van der Waals surface area contributed by atoms with Crippen molar-refractivity contribution in [3.63, 3.8) is 0 Å². The molecule has 1 N–H and O–H groups in total. The van der Waals surface area contributed by atoms with Gasteiger partial charge in [0.1, 0.15) is 0 Å². The van der Waals surface area contributed by atoms with Gasteiger partial charge >= 0.3 is 0 Å². The molecular weight excluding hydrogens is 737 g/mol. The van der Waals surface area contributed by atoms with Crippen molar-refractivity contribution in [2.75, 3.05) is 0 Å². The predicted octanol–water partition coefficient (Wildman–Crippen LogP) is 9.67. The molecule has 0 bridgehead atoms. The SMILES string of the molecule is CCC(CC)C(=O)C=C(O)C(CC)CC.Cc1nc2nc3ccccc3nc2nc1-c1[c-]c2ccccc2c(C(C)(C)C)c1.[Ir]. The van der Waals surface area contributed by atoms with E-state index in [1.807, 2.05) is 65.0 Å². The summed E-state index contributed by atoms with van der Waals surface area (Å²) in [5.74, 6) is 0.547. The molecular formula is C38H45IrN4O2-. The number of aliphatic hydroxyl groups excluding tert-OH is 1. The second-order valence-electron chi connectivity index (χ2n) is 12.4. The van der Waals surface area contributed by atoms with Crippen molar-refractivity contribution in [1.82, 2.24) is 19.9 Å².